The van der Waals surface area contributed by atoms with Crippen molar-refractivity contribution in [2.45, 2.75) is 52.7 Å². The fourth-order valence-electron chi connectivity index (χ4n) is 4.03. The minimum atomic E-state index is -0.974. The van der Waals surface area contributed by atoms with Gasteiger partial charge in [0, 0.05) is 30.6 Å². The van der Waals surface area contributed by atoms with Gasteiger partial charge in [-0.1, -0.05) is 12.1 Å². The number of hydrogen-bond acceptors (Lipinski definition) is 5. The molecule has 6 heteroatoms. The number of aromatic nitrogens is 1. The zero-order valence-electron chi connectivity index (χ0n) is 18.5. The van der Waals surface area contributed by atoms with Gasteiger partial charge in [-0.05, 0) is 74.9 Å². The number of esters is 1. The zero-order chi connectivity index (χ0) is 22.5. The Labute approximate surface area is 183 Å². The topological polar surface area (TPSA) is 81.3 Å². The normalized spacial score (nSPS) is 14.1. The van der Waals surface area contributed by atoms with Gasteiger partial charge in [0.1, 0.15) is 11.6 Å². The first-order valence-corrected chi connectivity index (χ1v) is 10.5. The van der Waals surface area contributed by atoms with Crippen molar-refractivity contribution in [3.8, 4) is 6.07 Å². The molecular formula is C25H28N2O4. The van der Waals surface area contributed by atoms with Crippen molar-refractivity contribution in [3.05, 3.63) is 63.5 Å². The number of benzene rings is 1. The Morgan fingerprint density at radius 1 is 1.23 bits per heavy atom. The highest BCUT2D eigenvalue weighted by Gasteiger charge is 2.23. The van der Waals surface area contributed by atoms with Gasteiger partial charge in [0.25, 0.3) is 0 Å². The van der Waals surface area contributed by atoms with E-state index in [1.807, 2.05) is 38.1 Å². The summed E-state index contributed by atoms with van der Waals surface area (Å²) in [6.07, 6.45) is 3.64. The number of carbonyl (C=O) groups is 2. The molecule has 0 fully saturated rings. The summed E-state index contributed by atoms with van der Waals surface area (Å²) in [4.78, 5) is 25.4. The van der Waals surface area contributed by atoms with Crippen molar-refractivity contribution in [2.75, 3.05) is 13.7 Å². The van der Waals surface area contributed by atoms with Crippen molar-refractivity contribution in [2.24, 2.45) is 0 Å². The number of ketones is 1. The lowest BCUT2D eigenvalue weighted by Crippen LogP contribution is -2.25. The summed E-state index contributed by atoms with van der Waals surface area (Å²) >= 11 is 0. The van der Waals surface area contributed by atoms with Crippen LogP contribution < -0.4 is 0 Å². The van der Waals surface area contributed by atoms with Gasteiger partial charge >= 0.3 is 5.97 Å². The van der Waals surface area contributed by atoms with Crippen molar-refractivity contribution in [1.82, 2.24) is 4.57 Å². The molecule has 0 N–H and O–H groups in total. The van der Waals surface area contributed by atoms with E-state index in [0.29, 0.717) is 18.7 Å². The Balaban J connectivity index is 1.73. The third-order valence-electron chi connectivity index (χ3n) is 5.81. The van der Waals surface area contributed by atoms with Gasteiger partial charge in [-0.2, -0.15) is 5.26 Å². The molecule has 0 saturated carbocycles. The molecule has 0 amide bonds. The number of methoxy groups -OCH3 is 1. The first-order valence-electron chi connectivity index (χ1n) is 10.5. The van der Waals surface area contributed by atoms with Crippen LogP contribution in [-0.4, -0.2) is 36.1 Å². The third-order valence-corrected chi connectivity index (χ3v) is 5.81. The molecule has 31 heavy (non-hydrogen) atoms. The predicted octanol–water partition coefficient (Wildman–Crippen LogP) is 3.96. The van der Waals surface area contributed by atoms with Crippen LogP contribution in [0, 0.1) is 25.2 Å². The van der Waals surface area contributed by atoms with E-state index in [4.69, 9.17) is 9.47 Å². The predicted molar refractivity (Wildman–Crippen MR) is 118 cm³/mol. The summed E-state index contributed by atoms with van der Waals surface area (Å²) < 4.78 is 12.6. The lowest BCUT2D eigenvalue weighted by Gasteiger charge is -2.13. The van der Waals surface area contributed by atoms with Gasteiger partial charge in [0.15, 0.2) is 6.10 Å². The Morgan fingerprint density at radius 3 is 2.68 bits per heavy atom. The van der Waals surface area contributed by atoms with Crippen LogP contribution in [-0.2, 0) is 33.7 Å². The number of ether oxygens (including phenoxy) is 2. The van der Waals surface area contributed by atoms with Crippen LogP contribution in [0.3, 0.4) is 0 Å². The maximum atomic E-state index is 12.8. The Hall–Kier alpha value is -3.17. The molecule has 0 aliphatic heterocycles. The standard InChI is InChI=1S/C25H28N2O4/c1-16-12-22(17(2)27(16)10-11-30-4)14-23(15-26)25(29)31-18(3)24(28)21-9-8-19-6-5-7-20(19)13-21/h8-9,12-14,18H,5-7,10-11H2,1-4H3/b23-14+/t18-/m1/s1. The van der Waals surface area contributed by atoms with E-state index in [1.54, 1.807) is 20.1 Å². The molecule has 1 aromatic carbocycles. The fraction of sp³-hybridized carbons (Fsp3) is 0.400. The Bertz CT molecular complexity index is 1070. The highest BCUT2D eigenvalue weighted by molar-refractivity contribution is 6.03. The molecule has 0 saturated heterocycles. The number of nitriles is 1. The average Bonchev–Trinajstić information content (AvgIpc) is 3.33. The van der Waals surface area contributed by atoms with E-state index in [-0.39, 0.29) is 11.4 Å². The fourth-order valence-corrected chi connectivity index (χ4v) is 4.03. The highest BCUT2D eigenvalue weighted by Crippen LogP contribution is 2.24. The van der Waals surface area contributed by atoms with Crippen molar-refractivity contribution in [3.63, 3.8) is 0 Å². The molecule has 1 aliphatic carbocycles. The largest absolute Gasteiger partial charge is 0.450 e. The SMILES string of the molecule is COCCn1c(C)cc(/C=C(\C#N)C(=O)O[C@H](C)C(=O)c2ccc3c(c2)CCC3)c1C. The molecular weight excluding hydrogens is 392 g/mol. The monoisotopic (exact) mass is 420 g/mol. The van der Waals surface area contributed by atoms with Crippen molar-refractivity contribution >= 4 is 17.8 Å². The lowest BCUT2D eigenvalue weighted by atomic mass is 10.0. The van der Waals surface area contributed by atoms with Gasteiger partial charge in [0.05, 0.1) is 6.61 Å². The number of fused-ring (bicyclic) bond motifs is 1. The van der Waals surface area contributed by atoms with E-state index in [9.17, 15) is 14.9 Å². The third kappa shape index (κ3) is 4.95. The number of Topliss-reactive ketones (excluding diaryl/α,β-unsaturated/α-hetero) is 1. The highest BCUT2D eigenvalue weighted by atomic mass is 16.5. The van der Waals surface area contributed by atoms with E-state index >= 15 is 0 Å². The minimum absolute atomic E-state index is 0.138. The quantitative estimate of drug-likeness (QED) is 0.279. The van der Waals surface area contributed by atoms with Crippen LogP contribution in [0.4, 0.5) is 0 Å². The minimum Gasteiger partial charge on any atom is -0.450 e. The number of hydrogen-bond donors (Lipinski definition) is 0. The summed E-state index contributed by atoms with van der Waals surface area (Å²) in [5.74, 6) is -1.07. The molecule has 2 aromatic rings. The van der Waals surface area contributed by atoms with E-state index in [2.05, 4.69) is 4.57 Å². The second-order valence-electron chi connectivity index (χ2n) is 7.89. The first-order chi connectivity index (χ1) is 14.8. The molecule has 1 aromatic heterocycles. The average molecular weight is 421 g/mol. The van der Waals surface area contributed by atoms with Crippen LogP contribution in [0.1, 0.15) is 51.8 Å². The van der Waals surface area contributed by atoms with Gasteiger partial charge < -0.3 is 14.0 Å². The van der Waals surface area contributed by atoms with Crippen LogP contribution >= 0.6 is 0 Å². The zero-order valence-corrected chi connectivity index (χ0v) is 18.5. The molecule has 3 rings (SSSR count). The summed E-state index contributed by atoms with van der Waals surface area (Å²) in [5.41, 5.74) is 5.55. The van der Waals surface area contributed by atoms with Gasteiger partial charge in [0.2, 0.25) is 5.78 Å². The number of carbonyl (C=O) groups excluding carboxylic acids is 2. The number of aryl methyl sites for hydroxylation is 3. The summed E-state index contributed by atoms with van der Waals surface area (Å²) in [6, 6.07) is 9.47. The van der Waals surface area contributed by atoms with Crippen LogP contribution in [0.5, 0.6) is 0 Å². The smallest absolute Gasteiger partial charge is 0.349 e. The molecule has 1 atom stereocenters. The summed E-state index contributed by atoms with van der Waals surface area (Å²) in [6.45, 7) is 6.67. The summed E-state index contributed by atoms with van der Waals surface area (Å²) in [7, 11) is 1.64. The van der Waals surface area contributed by atoms with Crippen LogP contribution in [0.15, 0.2) is 29.8 Å². The molecule has 0 spiro atoms. The second-order valence-corrected chi connectivity index (χ2v) is 7.89. The Kier molecular flexibility index (Phi) is 7.09. The van der Waals surface area contributed by atoms with Gasteiger partial charge in [-0.25, -0.2) is 4.79 Å². The first kappa shape index (κ1) is 22.5. The van der Waals surface area contributed by atoms with E-state index in [0.717, 1.165) is 36.2 Å². The van der Waals surface area contributed by atoms with Crippen molar-refractivity contribution in [1.29, 1.82) is 5.26 Å². The number of rotatable bonds is 8. The van der Waals surface area contributed by atoms with Crippen LogP contribution in [0.25, 0.3) is 6.08 Å². The molecule has 1 aliphatic rings. The maximum Gasteiger partial charge on any atom is 0.349 e. The molecule has 0 unspecified atom stereocenters. The molecule has 0 bridgehead atoms. The second kappa shape index (κ2) is 9.76. The van der Waals surface area contributed by atoms with Crippen LogP contribution in [0.2, 0.25) is 0 Å². The van der Waals surface area contributed by atoms with E-state index < -0.39 is 12.1 Å². The van der Waals surface area contributed by atoms with Crippen molar-refractivity contribution < 1.29 is 19.1 Å². The Morgan fingerprint density at radius 2 is 1.97 bits per heavy atom. The lowest BCUT2D eigenvalue weighted by molar-refractivity contribution is -0.141. The van der Waals surface area contributed by atoms with Gasteiger partial charge in [-0.15, -0.1) is 0 Å². The molecule has 6 nitrogen and oxygen atoms in total. The number of nitrogens with zero attached hydrogens (tertiary/aromatic N) is 2. The maximum absolute atomic E-state index is 12.8. The molecule has 162 valence electrons. The molecule has 0 radical (unpaired) electrons. The van der Waals surface area contributed by atoms with E-state index in [1.165, 1.54) is 17.2 Å². The summed E-state index contributed by atoms with van der Waals surface area (Å²) in [5, 5.41) is 9.51. The molecule has 1 heterocycles. The van der Waals surface area contributed by atoms with Gasteiger partial charge in [-0.3, -0.25) is 4.79 Å².